The molecule has 1 heterocycles. The number of rotatable bonds is 4. The van der Waals surface area contributed by atoms with Crippen LogP contribution in [-0.2, 0) is 6.54 Å². The van der Waals surface area contributed by atoms with Crippen molar-refractivity contribution < 1.29 is 0 Å². The van der Waals surface area contributed by atoms with Crippen LogP contribution in [0, 0.1) is 6.92 Å². The molecular weight excluding hydrogens is 248 g/mol. The Balaban J connectivity index is 1.94. The molecule has 4 heteroatoms. The minimum absolute atomic E-state index is 0.576. The van der Waals surface area contributed by atoms with E-state index in [1.54, 1.807) is 0 Å². The van der Waals surface area contributed by atoms with Crippen LogP contribution in [0.3, 0.4) is 0 Å². The van der Waals surface area contributed by atoms with Gasteiger partial charge in [-0.2, -0.15) is 0 Å². The van der Waals surface area contributed by atoms with Crippen LogP contribution < -0.4 is 10.6 Å². The average molecular weight is 274 g/mol. The van der Waals surface area contributed by atoms with E-state index < -0.39 is 0 Å². The van der Waals surface area contributed by atoms with E-state index in [-0.39, 0.29) is 0 Å². The lowest BCUT2D eigenvalue weighted by atomic mass is 9.96. The zero-order valence-electron chi connectivity index (χ0n) is 12.7. The number of guanidine groups is 1. The zero-order chi connectivity index (χ0) is 14.2. The minimum Gasteiger partial charge on any atom is -0.357 e. The van der Waals surface area contributed by atoms with Gasteiger partial charge in [-0.3, -0.25) is 4.98 Å². The van der Waals surface area contributed by atoms with E-state index in [9.17, 15) is 0 Å². The van der Waals surface area contributed by atoms with Crippen molar-refractivity contribution >= 4 is 5.96 Å². The molecule has 0 amide bonds. The second kappa shape index (κ2) is 7.88. The molecule has 20 heavy (non-hydrogen) atoms. The van der Waals surface area contributed by atoms with Gasteiger partial charge in [-0.25, -0.2) is 4.99 Å². The number of hydrogen-bond donors (Lipinski definition) is 2. The van der Waals surface area contributed by atoms with Crippen LogP contribution in [0.4, 0.5) is 0 Å². The lowest BCUT2D eigenvalue weighted by Gasteiger charge is -2.24. The fraction of sp³-hybridized carbons (Fsp3) is 0.625. The minimum atomic E-state index is 0.576. The SMILES string of the molecule is CCNC(=NCc1cccc(C)n1)NC1CCCCC1. The summed E-state index contributed by atoms with van der Waals surface area (Å²) < 4.78 is 0. The van der Waals surface area contributed by atoms with E-state index >= 15 is 0 Å². The fourth-order valence-corrected chi connectivity index (χ4v) is 2.61. The van der Waals surface area contributed by atoms with Crippen molar-refractivity contribution in [2.75, 3.05) is 6.54 Å². The molecule has 0 spiro atoms. The largest absolute Gasteiger partial charge is 0.357 e. The first-order valence-electron chi connectivity index (χ1n) is 7.75. The fourth-order valence-electron chi connectivity index (χ4n) is 2.61. The molecule has 0 radical (unpaired) electrons. The van der Waals surface area contributed by atoms with Crippen molar-refractivity contribution in [1.29, 1.82) is 0 Å². The van der Waals surface area contributed by atoms with Gasteiger partial charge in [0.15, 0.2) is 5.96 Å². The molecule has 1 aliphatic rings. The first-order valence-corrected chi connectivity index (χ1v) is 7.75. The number of aromatic nitrogens is 1. The van der Waals surface area contributed by atoms with Crippen LogP contribution in [0.15, 0.2) is 23.2 Å². The summed E-state index contributed by atoms with van der Waals surface area (Å²) in [6, 6.07) is 6.65. The van der Waals surface area contributed by atoms with Crippen molar-refractivity contribution in [2.45, 2.75) is 58.5 Å². The van der Waals surface area contributed by atoms with Gasteiger partial charge in [-0.1, -0.05) is 25.3 Å². The van der Waals surface area contributed by atoms with E-state index in [4.69, 9.17) is 0 Å². The van der Waals surface area contributed by atoms with Gasteiger partial charge in [0, 0.05) is 18.3 Å². The smallest absolute Gasteiger partial charge is 0.191 e. The van der Waals surface area contributed by atoms with Crippen LogP contribution in [0.5, 0.6) is 0 Å². The Morgan fingerprint density at radius 3 is 2.80 bits per heavy atom. The molecule has 1 aromatic rings. The first kappa shape index (κ1) is 14.8. The molecule has 0 atom stereocenters. The van der Waals surface area contributed by atoms with E-state index in [1.807, 2.05) is 25.1 Å². The number of pyridine rings is 1. The highest BCUT2D eigenvalue weighted by atomic mass is 15.2. The van der Waals surface area contributed by atoms with Gasteiger partial charge >= 0.3 is 0 Å². The molecule has 2 rings (SSSR count). The quantitative estimate of drug-likeness (QED) is 0.655. The molecular formula is C16H26N4. The number of nitrogens with zero attached hydrogens (tertiary/aromatic N) is 2. The Hall–Kier alpha value is -1.58. The van der Waals surface area contributed by atoms with Crippen LogP contribution in [-0.4, -0.2) is 23.5 Å². The molecule has 4 nitrogen and oxygen atoms in total. The molecule has 0 bridgehead atoms. The highest BCUT2D eigenvalue weighted by Crippen LogP contribution is 2.17. The van der Waals surface area contributed by atoms with Gasteiger partial charge in [0.2, 0.25) is 0 Å². The highest BCUT2D eigenvalue weighted by Gasteiger charge is 2.14. The maximum atomic E-state index is 4.65. The van der Waals surface area contributed by atoms with E-state index in [1.165, 1.54) is 32.1 Å². The van der Waals surface area contributed by atoms with Gasteiger partial charge in [-0.15, -0.1) is 0 Å². The summed E-state index contributed by atoms with van der Waals surface area (Å²) in [6.45, 7) is 5.63. The number of hydrogen-bond acceptors (Lipinski definition) is 2. The third-order valence-corrected chi connectivity index (χ3v) is 3.64. The van der Waals surface area contributed by atoms with Crippen molar-refractivity contribution in [3.8, 4) is 0 Å². The molecule has 0 saturated heterocycles. The van der Waals surface area contributed by atoms with Crippen molar-refractivity contribution in [3.05, 3.63) is 29.6 Å². The average Bonchev–Trinajstić information content (AvgIpc) is 2.46. The second-order valence-electron chi connectivity index (χ2n) is 5.44. The summed E-state index contributed by atoms with van der Waals surface area (Å²) >= 11 is 0. The van der Waals surface area contributed by atoms with Gasteiger partial charge in [0.1, 0.15) is 0 Å². The molecule has 1 aliphatic carbocycles. The van der Waals surface area contributed by atoms with E-state index in [2.05, 4.69) is 27.5 Å². The summed E-state index contributed by atoms with van der Waals surface area (Å²) in [5.74, 6) is 0.919. The van der Waals surface area contributed by atoms with Crippen LogP contribution in [0.1, 0.15) is 50.4 Å². The van der Waals surface area contributed by atoms with Gasteiger partial charge in [0.05, 0.1) is 12.2 Å². The standard InChI is InChI=1S/C16H26N4/c1-3-17-16(20-14-9-5-4-6-10-14)18-12-15-11-7-8-13(2)19-15/h7-8,11,14H,3-6,9-10,12H2,1-2H3,(H2,17,18,20). The van der Waals surface area contributed by atoms with Gasteiger partial charge in [0.25, 0.3) is 0 Å². The molecule has 0 aliphatic heterocycles. The topological polar surface area (TPSA) is 49.3 Å². The zero-order valence-corrected chi connectivity index (χ0v) is 12.7. The predicted molar refractivity (Wildman–Crippen MR) is 83.8 cm³/mol. The van der Waals surface area contributed by atoms with Crippen molar-refractivity contribution in [1.82, 2.24) is 15.6 Å². The molecule has 2 N–H and O–H groups in total. The Bertz CT molecular complexity index is 436. The predicted octanol–water partition coefficient (Wildman–Crippen LogP) is 2.78. The number of aliphatic imine (C=N–C) groups is 1. The Morgan fingerprint density at radius 1 is 1.30 bits per heavy atom. The Morgan fingerprint density at radius 2 is 2.10 bits per heavy atom. The van der Waals surface area contributed by atoms with Crippen molar-refractivity contribution in [3.63, 3.8) is 0 Å². The number of nitrogens with one attached hydrogen (secondary N) is 2. The van der Waals surface area contributed by atoms with Gasteiger partial charge < -0.3 is 10.6 Å². The lowest BCUT2D eigenvalue weighted by Crippen LogP contribution is -2.44. The third kappa shape index (κ3) is 4.83. The second-order valence-corrected chi connectivity index (χ2v) is 5.44. The lowest BCUT2D eigenvalue weighted by molar-refractivity contribution is 0.410. The Kier molecular flexibility index (Phi) is 5.84. The number of aryl methyl sites for hydroxylation is 1. The van der Waals surface area contributed by atoms with Crippen LogP contribution in [0.25, 0.3) is 0 Å². The van der Waals surface area contributed by atoms with Crippen LogP contribution in [0.2, 0.25) is 0 Å². The first-order chi connectivity index (χ1) is 9.78. The summed E-state index contributed by atoms with van der Waals surface area (Å²) in [4.78, 5) is 9.14. The van der Waals surface area contributed by atoms with E-state index in [0.29, 0.717) is 12.6 Å². The molecule has 1 aromatic heterocycles. The molecule has 0 unspecified atom stereocenters. The highest BCUT2D eigenvalue weighted by molar-refractivity contribution is 5.80. The van der Waals surface area contributed by atoms with Gasteiger partial charge in [-0.05, 0) is 38.8 Å². The third-order valence-electron chi connectivity index (χ3n) is 3.64. The summed E-state index contributed by atoms with van der Waals surface area (Å²) in [5.41, 5.74) is 2.06. The maximum Gasteiger partial charge on any atom is 0.191 e. The van der Waals surface area contributed by atoms with Crippen LogP contribution >= 0.6 is 0 Å². The molecule has 0 aromatic carbocycles. The molecule has 1 saturated carbocycles. The summed E-state index contributed by atoms with van der Waals surface area (Å²) in [7, 11) is 0. The summed E-state index contributed by atoms with van der Waals surface area (Å²) in [5, 5.41) is 6.88. The Labute approximate surface area is 122 Å². The monoisotopic (exact) mass is 274 g/mol. The molecule has 110 valence electrons. The van der Waals surface area contributed by atoms with E-state index in [0.717, 1.165) is 23.9 Å². The summed E-state index contributed by atoms with van der Waals surface area (Å²) in [6.07, 6.45) is 6.55. The molecule has 1 fully saturated rings. The normalized spacial score (nSPS) is 17.0. The maximum absolute atomic E-state index is 4.65. The van der Waals surface area contributed by atoms with Crippen molar-refractivity contribution in [2.24, 2.45) is 4.99 Å².